The number of nitrogens with zero attached hydrogens (tertiary/aromatic N) is 2. The molecule has 11 nitrogen and oxygen atoms in total. The molecule has 2 fully saturated rings. The molecule has 2 N–H and O–H groups in total. The summed E-state index contributed by atoms with van der Waals surface area (Å²) in [5.74, 6) is -0.611. The van der Waals surface area contributed by atoms with E-state index in [1.165, 1.54) is 12.3 Å². The highest BCUT2D eigenvalue weighted by Crippen LogP contribution is 2.37. The summed E-state index contributed by atoms with van der Waals surface area (Å²) in [4.78, 5) is 39.6. The second-order valence-corrected chi connectivity index (χ2v) is 6.56. The molecule has 29 heavy (non-hydrogen) atoms. The predicted molar refractivity (Wildman–Crippen MR) is 94.4 cm³/mol. The number of aromatic nitrogens is 2. The van der Waals surface area contributed by atoms with Gasteiger partial charge in [0.15, 0.2) is 24.3 Å². The topological polar surface area (TPSA) is 138 Å². The largest absolute Gasteiger partial charge is 0.509 e. The van der Waals surface area contributed by atoms with E-state index >= 15 is 0 Å². The van der Waals surface area contributed by atoms with Gasteiger partial charge in [-0.25, -0.2) is 14.4 Å². The van der Waals surface area contributed by atoms with E-state index in [-0.39, 0.29) is 12.4 Å². The minimum Gasteiger partial charge on any atom is -0.459 e. The first-order valence-corrected chi connectivity index (χ1v) is 8.72. The van der Waals surface area contributed by atoms with E-state index in [2.05, 4.69) is 4.98 Å². The minimum atomic E-state index is -1.03. The molecule has 1 unspecified atom stereocenters. The van der Waals surface area contributed by atoms with Crippen molar-refractivity contribution in [3.63, 3.8) is 0 Å². The number of esters is 1. The molecule has 2 saturated heterocycles. The number of carbonyl (C=O) groups is 2. The van der Waals surface area contributed by atoms with E-state index < -0.39 is 42.4 Å². The minimum absolute atomic E-state index is 0.0518. The number of fused-ring (bicyclic) bond motifs is 1. The Morgan fingerprint density at radius 2 is 1.93 bits per heavy atom. The fraction of sp³-hybridized carbons (Fsp3) is 0.333. The molecule has 0 amide bonds. The highest BCUT2D eigenvalue weighted by Gasteiger charge is 2.55. The first-order chi connectivity index (χ1) is 14.0. The smallest absolute Gasteiger partial charge is 0.459 e. The first-order valence-electron chi connectivity index (χ1n) is 8.72. The van der Waals surface area contributed by atoms with Crippen LogP contribution in [0.1, 0.15) is 22.1 Å². The van der Waals surface area contributed by atoms with Crippen LogP contribution in [0.3, 0.4) is 0 Å². The molecule has 11 heteroatoms. The molecule has 1 aromatic carbocycles. The fourth-order valence-electron chi connectivity index (χ4n) is 3.18. The summed E-state index contributed by atoms with van der Waals surface area (Å²) < 4.78 is 22.4. The molecule has 0 saturated carbocycles. The van der Waals surface area contributed by atoms with E-state index in [4.69, 9.17) is 24.2 Å². The monoisotopic (exact) mass is 403 g/mol. The lowest BCUT2D eigenvalue weighted by Gasteiger charge is -2.18. The van der Waals surface area contributed by atoms with Gasteiger partial charge in [-0.1, -0.05) is 17.7 Å². The van der Waals surface area contributed by atoms with Crippen molar-refractivity contribution in [2.45, 2.75) is 31.5 Å². The van der Waals surface area contributed by atoms with Crippen LogP contribution in [0.25, 0.3) is 0 Å². The van der Waals surface area contributed by atoms with Crippen LogP contribution in [0.15, 0.2) is 41.3 Å². The van der Waals surface area contributed by atoms with Crippen LogP contribution in [-0.2, 0) is 18.9 Å². The highest BCUT2D eigenvalue weighted by molar-refractivity contribution is 5.89. The van der Waals surface area contributed by atoms with Crippen molar-refractivity contribution in [3.8, 4) is 0 Å². The number of anilines is 1. The van der Waals surface area contributed by atoms with Gasteiger partial charge in [0.2, 0.25) is 0 Å². The van der Waals surface area contributed by atoms with Crippen molar-refractivity contribution in [2.24, 2.45) is 0 Å². The first kappa shape index (κ1) is 18.9. The molecule has 152 valence electrons. The van der Waals surface area contributed by atoms with Crippen molar-refractivity contribution in [1.29, 1.82) is 0 Å². The summed E-state index contributed by atoms with van der Waals surface area (Å²) in [6, 6.07) is 8.18. The molecule has 2 aliphatic rings. The second kappa shape index (κ2) is 7.53. The van der Waals surface area contributed by atoms with Crippen LogP contribution in [0, 0.1) is 6.92 Å². The van der Waals surface area contributed by atoms with Gasteiger partial charge in [-0.2, -0.15) is 4.98 Å². The Hall–Kier alpha value is -3.44. The fourth-order valence-corrected chi connectivity index (χ4v) is 3.18. The Morgan fingerprint density at radius 1 is 1.21 bits per heavy atom. The number of ether oxygens (including phenoxy) is 4. The predicted octanol–water partition coefficient (Wildman–Crippen LogP) is 1.01. The summed E-state index contributed by atoms with van der Waals surface area (Å²) in [6.07, 6.45) is -3.23. The SMILES string of the molecule is Cc1ccc(C(=O)OCC2O[C@@H](n3ccc(NO)nc3=O)[C@@H]3OC(=O)O[C@H]23)cc1. The van der Waals surface area contributed by atoms with E-state index in [1.807, 2.05) is 6.92 Å². The molecule has 1 aromatic heterocycles. The molecular weight excluding hydrogens is 386 g/mol. The third-order valence-electron chi connectivity index (χ3n) is 4.63. The van der Waals surface area contributed by atoms with Gasteiger partial charge in [0.1, 0.15) is 12.7 Å². The highest BCUT2D eigenvalue weighted by atomic mass is 16.8. The van der Waals surface area contributed by atoms with Crippen molar-refractivity contribution >= 4 is 17.9 Å². The summed E-state index contributed by atoms with van der Waals surface area (Å²) in [5, 5.41) is 8.85. The molecule has 2 aliphatic heterocycles. The normalized spacial score (nSPS) is 25.1. The maximum Gasteiger partial charge on any atom is 0.509 e. The second-order valence-electron chi connectivity index (χ2n) is 6.56. The Morgan fingerprint density at radius 3 is 2.62 bits per heavy atom. The Kier molecular flexibility index (Phi) is 4.91. The van der Waals surface area contributed by atoms with Crippen molar-refractivity contribution in [1.82, 2.24) is 9.55 Å². The molecule has 4 atom stereocenters. The van der Waals surface area contributed by atoms with Gasteiger partial charge in [0.25, 0.3) is 0 Å². The van der Waals surface area contributed by atoms with E-state index in [9.17, 15) is 14.4 Å². The Bertz CT molecular complexity index is 989. The van der Waals surface area contributed by atoms with Gasteiger partial charge < -0.3 is 18.9 Å². The number of hydrogen-bond donors (Lipinski definition) is 2. The number of aryl methyl sites for hydroxylation is 1. The zero-order valence-corrected chi connectivity index (χ0v) is 15.2. The lowest BCUT2D eigenvalue weighted by Crippen LogP contribution is -2.34. The Balaban J connectivity index is 1.50. The maximum atomic E-state index is 12.2. The van der Waals surface area contributed by atoms with Crippen LogP contribution in [0.2, 0.25) is 0 Å². The summed E-state index contributed by atoms with van der Waals surface area (Å²) in [6.45, 7) is 1.69. The van der Waals surface area contributed by atoms with Crippen LogP contribution < -0.4 is 11.2 Å². The van der Waals surface area contributed by atoms with Gasteiger partial charge >= 0.3 is 17.8 Å². The van der Waals surface area contributed by atoms with Crippen LogP contribution >= 0.6 is 0 Å². The van der Waals surface area contributed by atoms with E-state index in [0.717, 1.165) is 10.1 Å². The van der Waals surface area contributed by atoms with E-state index in [0.29, 0.717) is 5.56 Å². The van der Waals surface area contributed by atoms with Gasteiger partial charge in [0, 0.05) is 6.20 Å². The number of rotatable bonds is 5. The summed E-state index contributed by atoms with van der Waals surface area (Å²) >= 11 is 0. The molecule has 0 spiro atoms. The molecule has 0 radical (unpaired) electrons. The summed E-state index contributed by atoms with van der Waals surface area (Å²) in [5.41, 5.74) is 2.40. The van der Waals surface area contributed by atoms with Gasteiger partial charge in [-0.05, 0) is 25.1 Å². The van der Waals surface area contributed by atoms with Crippen molar-refractivity contribution in [2.75, 3.05) is 12.1 Å². The van der Waals surface area contributed by atoms with E-state index in [1.54, 1.807) is 29.7 Å². The molecular formula is C18H17N3O8. The number of hydrogen-bond acceptors (Lipinski definition) is 10. The number of nitrogens with one attached hydrogen (secondary N) is 1. The average Bonchev–Trinajstić information content (AvgIpc) is 3.24. The zero-order chi connectivity index (χ0) is 20.5. The quantitative estimate of drug-likeness (QED) is 0.549. The number of benzene rings is 1. The zero-order valence-electron chi connectivity index (χ0n) is 15.2. The van der Waals surface area contributed by atoms with Crippen LogP contribution in [-0.4, -0.2) is 51.8 Å². The molecule has 0 bridgehead atoms. The third-order valence-corrected chi connectivity index (χ3v) is 4.63. The lowest BCUT2D eigenvalue weighted by atomic mass is 10.1. The van der Waals surface area contributed by atoms with Gasteiger partial charge in [-0.3, -0.25) is 15.3 Å². The standard InChI is InChI=1S/C18H17N3O8/c1-9-2-4-10(5-3-9)16(22)26-8-11-13-14(29-18(24)28-13)15(27-11)21-7-6-12(20-25)19-17(21)23/h2-7,11,13-15,25H,8H2,1H3,(H,19,20,23)/t11?,13-,14-,15-/m1/s1. The lowest BCUT2D eigenvalue weighted by molar-refractivity contribution is -0.0769. The van der Waals surface area contributed by atoms with Crippen LogP contribution in [0.5, 0.6) is 0 Å². The van der Waals surface area contributed by atoms with Crippen LogP contribution in [0.4, 0.5) is 10.6 Å². The molecule has 4 rings (SSSR count). The molecule has 2 aromatic rings. The van der Waals surface area contributed by atoms with Crippen molar-refractivity contribution < 1.29 is 33.7 Å². The molecule has 0 aliphatic carbocycles. The maximum absolute atomic E-state index is 12.2. The summed E-state index contributed by atoms with van der Waals surface area (Å²) in [7, 11) is 0. The van der Waals surface area contributed by atoms with Crippen molar-refractivity contribution in [3.05, 3.63) is 58.1 Å². The molecule has 3 heterocycles. The average molecular weight is 403 g/mol. The van der Waals surface area contributed by atoms with Gasteiger partial charge in [-0.15, -0.1) is 0 Å². The number of carbonyl (C=O) groups excluding carboxylic acids is 2. The Labute approximate surface area is 163 Å². The van der Waals surface area contributed by atoms with Gasteiger partial charge in [0.05, 0.1) is 5.56 Å². The third kappa shape index (κ3) is 3.65.